The summed E-state index contributed by atoms with van der Waals surface area (Å²) in [6.07, 6.45) is 0. The minimum atomic E-state index is -0.978. The number of para-hydroxylation sites is 1. The van der Waals surface area contributed by atoms with Crippen molar-refractivity contribution >= 4 is 5.69 Å². The Labute approximate surface area is 102 Å². The van der Waals surface area contributed by atoms with Crippen molar-refractivity contribution in [3.63, 3.8) is 0 Å². The lowest BCUT2D eigenvalue weighted by Gasteiger charge is -2.03. The third-order valence-electron chi connectivity index (χ3n) is 2.27. The molecule has 0 spiro atoms. The molecule has 0 aromatic heterocycles. The topological polar surface area (TPSA) is 3.24 Å². The van der Waals surface area contributed by atoms with E-state index in [0.29, 0.717) is 5.56 Å². The molecule has 0 radical (unpaired) electrons. The molecule has 0 aliphatic heterocycles. The number of halogens is 3. The molecular weight excluding hydrogens is 239 g/mol. The van der Waals surface area contributed by atoms with Gasteiger partial charge in [0.25, 0.3) is 0 Å². The molecule has 0 aliphatic rings. The van der Waals surface area contributed by atoms with E-state index in [-0.39, 0.29) is 17.1 Å². The minimum Gasteiger partial charge on any atom is -0.207 e. The number of rotatable bonds is 1. The van der Waals surface area contributed by atoms with Gasteiger partial charge in [0, 0.05) is 5.56 Å². The van der Waals surface area contributed by atoms with Crippen molar-refractivity contribution in [2.45, 2.75) is 0 Å². The normalized spacial score (nSPS) is 9.50. The van der Waals surface area contributed by atoms with Crippen LogP contribution in [0.15, 0.2) is 48.5 Å². The summed E-state index contributed by atoms with van der Waals surface area (Å²) in [4.78, 5) is 0. The van der Waals surface area contributed by atoms with Crippen LogP contribution < -0.4 is 5.34 Å². The Morgan fingerprint density at radius 1 is 0.833 bits per heavy atom. The molecule has 0 bridgehead atoms. The van der Waals surface area contributed by atoms with Gasteiger partial charge in [-0.1, -0.05) is 32.9 Å². The number of hydrogen-bond acceptors (Lipinski definition) is 1. The summed E-state index contributed by atoms with van der Waals surface area (Å²) in [6.45, 7) is 0. The van der Waals surface area contributed by atoms with Gasteiger partial charge in [-0.05, 0) is 41.7 Å². The Kier molecular flexibility index (Phi) is 3.54. The maximum absolute atomic E-state index is 12.7. The van der Waals surface area contributed by atoms with Crippen LogP contribution in [-0.2, 0) is 0 Å². The van der Waals surface area contributed by atoms with E-state index in [1.165, 1.54) is 42.5 Å². The van der Waals surface area contributed by atoms with Crippen LogP contribution in [0.5, 0.6) is 0 Å². The first-order valence-corrected chi connectivity index (χ1v) is 5.15. The molecule has 0 saturated heterocycles. The summed E-state index contributed by atoms with van der Waals surface area (Å²) in [5.41, 5.74) is 0.523. The highest BCUT2D eigenvalue weighted by Crippen LogP contribution is 2.20. The second-order valence-electron chi connectivity index (χ2n) is 3.51. The van der Waals surface area contributed by atoms with Crippen molar-refractivity contribution in [1.29, 1.82) is 0 Å². The molecule has 0 heterocycles. The first kappa shape index (κ1) is 12.1. The SMILES string of the molecule is Fc1ccc(C#Cc2ccccc2N(F)F)cc1. The highest BCUT2D eigenvalue weighted by Gasteiger charge is 2.06. The Hall–Kier alpha value is -2.41. The summed E-state index contributed by atoms with van der Waals surface area (Å²) in [5.74, 6) is 4.98. The van der Waals surface area contributed by atoms with Gasteiger partial charge in [0.05, 0.1) is 5.56 Å². The quantitative estimate of drug-likeness (QED) is 0.547. The van der Waals surface area contributed by atoms with Gasteiger partial charge in [-0.3, -0.25) is 0 Å². The van der Waals surface area contributed by atoms with E-state index in [1.54, 1.807) is 6.07 Å². The zero-order valence-corrected chi connectivity index (χ0v) is 9.20. The minimum absolute atomic E-state index is 0.215. The second-order valence-corrected chi connectivity index (χ2v) is 3.51. The molecular formula is C14H8F3N. The molecule has 2 aromatic rings. The Balaban J connectivity index is 2.32. The zero-order chi connectivity index (χ0) is 13.0. The first-order chi connectivity index (χ1) is 8.66. The van der Waals surface area contributed by atoms with E-state index in [4.69, 9.17) is 0 Å². The second kappa shape index (κ2) is 5.28. The number of hydrogen-bond donors (Lipinski definition) is 0. The van der Waals surface area contributed by atoms with Crippen molar-refractivity contribution in [2.75, 3.05) is 5.34 Å². The fourth-order valence-electron chi connectivity index (χ4n) is 1.40. The summed E-state index contributed by atoms with van der Waals surface area (Å²) >= 11 is 0. The lowest BCUT2D eigenvalue weighted by Crippen LogP contribution is -1.98. The molecule has 4 heteroatoms. The molecule has 0 fully saturated rings. The van der Waals surface area contributed by atoms with Gasteiger partial charge in [0.1, 0.15) is 11.5 Å². The lowest BCUT2D eigenvalue weighted by molar-refractivity contribution is 0.235. The first-order valence-electron chi connectivity index (χ1n) is 5.15. The maximum atomic E-state index is 12.7. The largest absolute Gasteiger partial charge is 0.207 e. The molecule has 0 amide bonds. The fourth-order valence-corrected chi connectivity index (χ4v) is 1.40. The van der Waals surface area contributed by atoms with Crippen molar-refractivity contribution in [2.24, 2.45) is 0 Å². The third-order valence-corrected chi connectivity index (χ3v) is 2.27. The average molecular weight is 247 g/mol. The van der Waals surface area contributed by atoms with E-state index < -0.39 is 5.34 Å². The molecule has 2 rings (SSSR count). The van der Waals surface area contributed by atoms with Crippen molar-refractivity contribution in [1.82, 2.24) is 0 Å². The summed E-state index contributed by atoms with van der Waals surface area (Å²) < 4.78 is 37.7. The van der Waals surface area contributed by atoms with Crippen molar-refractivity contribution in [3.8, 4) is 11.8 Å². The van der Waals surface area contributed by atoms with Gasteiger partial charge in [0.15, 0.2) is 0 Å². The van der Waals surface area contributed by atoms with Crippen LogP contribution in [0.3, 0.4) is 0 Å². The van der Waals surface area contributed by atoms with Crippen LogP contribution in [0, 0.1) is 17.7 Å². The van der Waals surface area contributed by atoms with Crippen LogP contribution in [0.2, 0.25) is 0 Å². The van der Waals surface area contributed by atoms with Gasteiger partial charge in [-0.25, -0.2) is 4.39 Å². The Bertz CT molecular complexity index is 594. The fraction of sp³-hybridized carbons (Fsp3) is 0. The van der Waals surface area contributed by atoms with Gasteiger partial charge in [-0.2, -0.15) is 0 Å². The molecule has 2 aromatic carbocycles. The summed E-state index contributed by atoms with van der Waals surface area (Å²) in [7, 11) is 0. The molecule has 0 saturated carbocycles. The predicted octanol–water partition coefficient (Wildman–Crippen LogP) is 3.80. The maximum Gasteiger partial charge on any atom is 0.123 e. The molecule has 0 unspecified atom stereocenters. The molecule has 1 nitrogen and oxygen atoms in total. The van der Waals surface area contributed by atoms with Crippen LogP contribution in [0.25, 0.3) is 0 Å². The third kappa shape index (κ3) is 2.83. The molecule has 0 N–H and O–H groups in total. The highest BCUT2D eigenvalue weighted by molar-refractivity contribution is 5.59. The van der Waals surface area contributed by atoms with Crippen LogP contribution in [-0.4, -0.2) is 0 Å². The van der Waals surface area contributed by atoms with E-state index in [1.807, 2.05) is 0 Å². The van der Waals surface area contributed by atoms with E-state index in [2.05, 4.69) is 11.8 Å². The molecule has 18 heavy (non-hydrogen) atoms. The Morgan fingerprint density at radius 3 is 2.17 bits per heavy atom. The van der Waals surface area contributed by atoms with Gasteiger partial charge < -0.3 is 0 Å². The van der Waals surface area contributed by atoms with E-state index in [9.17, 15) is 13.4 Å². The average Bonchev–Trinajstić information content (AvgIpc) is 2.38. The molecule has 0 aliphatic carbocycles. The summed E-state index contributed by atoms with van der Waals surface area (Å²) in [5, 5.41) is -0.978. The van der Waals surface area contributed by atoms with E-state index in [0.717, 1.165) is 0 Å². The smallest absolute Gasteiger partial charge is 0.123 e. The number of anilines is 1. The number of benzene rings is 2. The highest BCUT2D eigenvalue weighted by atomic mass is 19.4. The Morgan fingerprint density at radius 2 is 1.50 bits per heavy atom. The number of nitrogens with zero attached hydrogens (tertiary/aromatic N) is 1. The van der Waals surface area contributed by atoms with Gasteiger partial charge in [-0.15, -0.1) is 0 Å². The van der Waals surface area contributed by atoms with Gasteiger partial charge >= 0.3 is 0 Å². The van der Waals surface area contributed by atoms with Crippen LogP contribution >= 0.6 is 0 Å². The van der Waals surface area contributed by atoms with Crippen LogP contribution in [0.4, 0.5) is 19.0 Å². The zero-order valence-electron chi connectivity index (χ0n) is 9.20. The van der Waals surface area contributed by atoms with Gasteiger partial charge in [0.2, 0.25) is 0 Å². The summed E-state index contributed by atoms with van der Waals surface area (Å²) in [6, 6.07) is 11.4. The van der Waals surface area contributed by atoms with Crippen molar-refractivity contribution in [3.05, 3.63) is 65.5 Å². The monoisotopic (exact) mass is 247 g/mol. The standard InChI is InChI=1S/C14H8F3N/c15-13-9-6-11(7-10-13)5-8-12-3-1-2-4-14(12)18(16)17/h1-4,6-7,9-10H. The molecule has 90 valence electrons. The van der Waals surface area contributed by atoms with E-state index >= 15 is 0 Å². The van der Waals surface area contributed by atoms with Crippen molar-refractivity contribution < 1.29 is 13.4 Å². The predicted molar refractivity (Wildman–Crippen MR) is 63.5 cm³/mol. The lowest BCUT2D eigenvalue weighted by atomic mass is 10.1. The van der Waals surface area contributed by atoms with Crippen LogP contribution in [0.1, 0.15) is 11.1 Å². The molecule has 0 atom stereocenters.